The molecule has 0 radical (unpaired) electrons. The smallest absolute Gasteiger partial charge is 0.171 e. The van der Waals surface area contributed by atoms with Crippen molar-refractivity contribution in [1.29, 1.82) is 0 Å². The third-order valence-corrected chi connectivity index (χ3v) is 1.24. The van der Waals surface area contributed by atoms with E-state index in [1.807, 2.05) is 0 Å². The Hall–Kier alpha value is -1.45. The van der Waals surface area contributed by atoms with E-state index in [-0.39, 0.29) is 17.1 Å². The Morgan fingerprint density at radius 3 is 2.00 bits per heavy atom. The Balaban J connectivity index is 3.34. The van der Waals surface area contributed by atoms with Gasteiger partial charge in [0.15, 0.2) is 5.82 Å². The summed E-state index contributed by atoms with van der Waals surface area (Å²) in [5, 5.41) is 0. The number of anilines is 3. The van der Waals surface area contributed by atoms with Gasteiger partial charge >= 0.3 is 0 Å². The van der Waals surface area contributed by atoms with E-state index in [2.05, 4.69) is 0 Å². The van der Waals surface area contributed by atoms with Crippen LogP contribution >= 0.6 is 0 Å². The number of nitrogens with two attached hydrogens (primary N) is 3. The van der Waals surface area contributed by atoms with Crippen molar-refractivity contribution in [2.45, 2.75) is 0 Å². The number of rotatable bonds is 0. The van der Waals surface area contributed by atoms with E-state index in [1.165, 1.54) is 12.1 Å². The Morgan fingerprint density at radius 2 is 1.50 bits per heavy atom. The lowest BCUT2D eigenvalue weighted by Crippen LogP contribution is -2.00. The van der Waals surface area contributed by atoms with Gasteiger partial charge in [0.25, 0.3) is 0 Å². The fraction of sp³-hybridized carbons (Fsp3) is 0. The first-order chi connectivity index (χ1) is 4.63. The van der Waals surface area contributed by atoms with Crippen molar-refractivity contribution in [2.75, 3.05) is 17.2 Å². The summed E-state index contributed by atoms with van der Waals surface area (Å²) in [6, 6.07) is 2.84. The van der Waals surface area contributed by atoms with Crippen LogP contribution in [0.25, 0.3) is 0 Å². The molecule has 0 spiro atoms. The van der Waals surface area contributed by atoms with Crippen LogP contribution in [0.2, 0.25) is 0 Å². The van der Waals surface area contributed by atoms with Gasteiger partial charge in [0.05, 0.1) is 17.1 Å². The van der Waals surface area contributed by atoms with Crippen molar-refractivity contribution in [2.24, 2.45) is 0 Å². The van der Waals surface area contributed by atoms with E-state index in [9.17, 15) is 4.39 Å². The first-order valence-corrected chi connectivity index (χ1v) is 2.72. The van der Waals surface area contributed by atoms with Gasteiger partial charge in [-0.1, -0.05) is 0 Å². The quantitative estimate of drug-likeness (QED) is 0.462. The zero-order valence-electron chi connectivity index (χ0n) is 5.26. The van der Waals surface area contributed by atoms with Gasteiger partial charge < -0.3 is 17.2 Å². The summed E-state index contributed by atoms with van der Waals surface area (Å²) in [4.78, 5) is 0. The summed E-state index contributed by atoms with van der Waals surface area (Å²) in [5.41, 5.74) is 15.8. The summed E-state index contributed by atoms with van der Waals surface area (Å²) in [6.07, 6.45) is 0. The molecule has 0 unspecified atom stereocenters. The highest BCUT2D eigenvalue weighted by molar-refractivity contribution is 5.69. The molecule has 0 saturated heterocycles. The van der Waals surface area contributed by atoms with Crippen LogP contribution in [0.5, 0.6) is 0 Å². The maximum atomic E-state index is 12.7. The molecule has 0 aliphatic heterocycles. The molecule has 1 aromatic rings. The van der Waals surface area contributed by atoms with E-state index in [4.69, 9.17) is 17.2 Å². The molecule has 6 N–H and O–H groups in total. The summed E-state index contributed by atoms with van der Waals surface area (Å²) in [7, 11) is 0. The van der Waals surface area contributed by atoms with E-state index in [0.717, 1.165) is 0 Å². The molecular weight excluding hydrogens is 133 g/mol. The standard InChI is InChI=1S/C6H8FN3/c7-5-3(8)1-2-4(9)6(5)10/h1-2H,8-10H2. The van der Waals surface area contributed by atoms with Gasteiger partial charge in [-0.25, -0.2) is 4.39 Å². The van der Waals surface area contributed by atoms with Crippen LogP contribution in [-0.2, 0) is 0 Å². The minimum atomic E-state index is -0.639. The molecule has 4 heteroatoms. The van der Waals surface area contributed by atoms with Crippen molar-refractivity contribution in [3.63, 3.8) is 0 Å². The van der Waals surface area contributed by atoms with Crippen molar-refractivity contribution >= 4 is 17.1 Å². The normalized spacial score (nSPS) is 9.70. The lowest BCUT2D eigenvalue weighted by atomic mass is 10.2. The predicted molar refractivity (Wildman–Crippen MR) is 39.6 cm³/mol. The van der Waals surface area contributed by atoms with Gasteiger partial charge in [-0.2, -0.15) is 0 Å². The predicted octanol–water partition coefficient (Wildman–Crippen LogP) is 0.572. The highest BCUT2D eigenvalue weighted by Crippen LogP contribution is 2.22. The monoisotopic (exact) mass is 141 g/mol. The second-order valence-electron chi connectivity index (χ2n) is 1.97. The van der Waals surface area contributed by atoms with Crippen LogP contribution in [0.15, 0.2) is 12.1 Å². The van der Waals surface area contributed by atoms with Crippen LogP contribution in [0.1, 0.15) is 0 Å². The van der Waals surface area contributed by atoms with E-state index >= 15 is 0 Å². The SMILES string of the molecule is Nc1ccc(N)c(F)c1N. The van der Waals surface area contributed by atoms with Gasteiger partial charge in [-0.3, -0.25) is 0 Å². The van der Waals surface area contributed by atoms with Crippen molar-refractivity contribution in [3.05, 3.63) is 17.9 Å². The molecule has 0 bridgehead atoms. The Kier molecular flexibility index (Phi) is 1.37. The summed E-state index contributed by atoms with van der Waals surface area (Å²) >= 11 is 0. The molecule has 0 fully saturated rings. The second kappa shape index (κ2) is 2.06. The maximum Gasteiger partial charge on any atom is 0.171 e. The average Bonchev–Trinajstić information content (AvgIpc) is 1.93. The molecule has 54 valence electrons. The van der Waals surface area contributed by atoms with Crippen molar-refractivity contribution in [1.82, 2.24) is 0 Å². The van der Waals surface area contributed by atoms with Crippen LogP contribution < -0.4 is 17.2 Å². The lowest BCUT2D eigenvalue weighted by Gasteiger charge is -2.02. The highest BCUT2D eigenvalue weighted by atomic mass is 19.1. The summed E-state index contributed by atoms with van der Waals surface area (Å²) in [5.74, 6) is -0.639. The zero-order chi connectivity index (χ0) is 7.72. The van der Waals surface area contributed by atoms with E-state index in [1.54, 1.807) is 0 Å². The molecule has 0 aliphatic carbocycles. The Bertz CT molecular complexity index is 232. The number of nitrogen functional groups attached to an aromatic ring is 3. The molecule has 10 heavy (non-hydrogen) atoms. The number of benzene rings is 1. The molecule has 0 heterocycles. The molecule has 1 aromatic carbocycles. The number of hydrogen-bond acceptors (Lipinski definition) is 3. The molecule has 0 aromatic heterocycles. The van der Waals surface area contributed by atoms with E-state index in [0.29, 0.717) is 0 Å². The molecule has 0 aliphatic rings. The fourth-order valence-electron chi connectivity index (χ4n) is 0.625. The topological polar surface area (TPSA) is 78.1 Å². The molecule has 0 amide bonds. The minimum absolute atomic E-state index is 0.0201. The molecule has 1 rings (SSSR count). The van der Waals surface area contributed by atoms with Gasteiger partial charge in [0.1, 0.15) is 0 Å². The summed E-state index contributed by atoms with van der Waals surface area (Å²) in [6.45, 7) is 0. The number of hydrogen-bond donors (Lipinski definition) is 3. The van der Waals surface area contributed by atoms with Crippen LogP contribution in [-0.4, -0.2) is 0 Å². The minimum Gasteiger partial charge on any atom is -0.397 e. The third kappa shape index (κ3) is 0.834. The summed E-state index contributed by atoms with van der Waals surface area (Å²) < 4.78 is 12.7. The first kappa shape index (κ1) is 6.67. The van der Waals surface area contributed by atoms with Gasteiger partial charge in [0.2, 0.25) is 0 Å². The van der Waals surface area contributed by atoms with Crippen LogP contribution in [0, 0.1) is 5.82 Å². The Labute approximate surface area is 57.6 Å². The lowest BCUT2D eigenvalue weighted by molar-refractivity contribution is 0.638. The molecule has 0 atom stereocenters. The van der Waals surface area contributed by atoms with Gasteiger partial charge in [-0.15, -0.1) is 0 Å². The molecule has 3 nitrogen and oxygen atoms in total. The average molecular weight is 141 g/mol. The largest absolute Gasteiger partial charge is 0.397 e. The first-order valence-electron chi connectivity index (χ1n) is 2.72. The Morgan fingerprint density at radius 1 is 1.00 bits per heavy atom. The third-order valence-electron chi connectivity index (χ3n) is 1.24. The van der Waals surface area contributed by atoms with E-state index < -0.39 is 5.82 Å². The van der Waals surface area contributed by atoms with Crippen LogP contribution in [0.4, 0.5) is 21.5 Å². The van der Waals surface area contributed by atoms with Gasteiger partial charge in [0, 0.05) is 0 Å². The maximum absolute atomic E-state index is 12.7. The van der Waals surface area contributed by atoms with Crippen LogP contribution in [0.3, 0.4) is 0 Å². The molecule has 0 saturated carbocycles. The highest BCUT2D eigenvalue weighted by Gasteiger charge is 2.04. The second-order valence-corrected chi connectivity index (χ2v) is 1.97. The van der Waals surface area contributed by atoms with Crippen molar-refractivity contribution in [3.8, 4) is 0 Å². The zero-order valence-corrected chi connectivity index (χ0v) is 5.26. The molecular formula is C6H8FN3. The fourth-order valence-corrected chi connectivity index (χ4v) is 0.625. The number of halogens is 1. The van der Waals surface area contributed by atoms with Crippen molar-refractivity contribution < 1.29 is 4.39 Å². The van der Waals surface area contributed by atoms with Gasteiger partial charge in [-0.05, 0) is 12.1 Å².